The average molecular weight is 257 g/mol. The molecule has 1 aromatic heterocycles. The van der Waals surface area contributed by atoms with Crippen LogP contribution in [0.4, 0.5) is 0 Å². The van der Waals surface area contributed by atoms with Crippen molar-refractivity contribution in [3.8, 4) is 5.75 Å². The van der Waals surface area contributed by atoms with Gasteiger partial charge < -0.3 is 25.2 Å². The van der Waals surface area contributed by atoms with Gasteiger partial charge in [-0.2, -0.15) is 0 Å². The van der Waals surface area contributed by atoms with Gasteiger partial charge in [0.1, 0.15) is 23.6 Å². The molecule has 0 saturated carbocycles. The van der Waals surface area contributed by atoms with Crippen molar-refractivity contribution >= 4 is 0 Å². The van der Waals surface area contributed by atoms with Crippen LogP contribution in [0.15, 0.2) is 23.1 Å². The van der Waals surface area contributed by atoms with Crippen LogP contribution in [0, 0.1) is 0 Å². The number of aliphatic hydroxyl groups excluding tert-OH is 2. The van der Waals surface area contributed by atoms with Crippen LogP contribution in [-0.2, 0) is 4.74 Å². The van der Waals surface area contributed by atoms with Gasteiger partial charge in [-0.05, 0) is 13.0 Å². The van der Waals surface area contributed by atoms with Gasteiger partial charge in [-0.3, -0.25) is 9.36 Å². The van der Waals surface area contributed by atoms with Crippen molar-refractivity contribution in [2.45, 2.75) is 31.0 Å². The van der Waals surface area contributed by atoms with Gasteiger partial charge in [0.2, 0.25) is 0 Å². The fraction of sp³-hybridized carbons (Fsp3) is 0.545. The third-order valence-electron chi connectivity index (χ3n) is 3.20. The van der Waals surface area contributed by atoms with Crippen molar-refractivity contribution in [1.82, 2.24) is 4.57 Å². The smallest absolute Gasteiger partial charge is 0.256 e. The van der Waals surface area contributed by atoms with E-state index >= 15 is 0 Å². The fourth-order valence-corrected chi connectivity index (χ4v) is 1.99. The zero-order chi connectivity index (χ0) is 13.5. The van der Waals surface area contributed by atoms with Crippen LogP contribution in [0.5, 0.6) is 5.75 Å². The van der Waals surface area contributed by atoms with Crippen LogP contribution in [-0.4, -0.2) is 49.4 Å². The van der Waals surface area contributed by atoms with Gasteiger partial charge in [0, 0.05) is 12.3 Å². The molecule has 100 valence electrons. The third-order valence-corrected chi connectivity index (χ3v) is 3.20. The van der Waals surface area contributed by atoms with E-state index in [0.717, 1.165) is 10.6 Å². The van der Waals surface area contributed by atoms with Crippen molar-refractivity contribution < 1.29 is 25.2 Å². The minimum Gasteiger partial charge on any atom is -0.508 e. The molecule has 7 heteroatoms. The molecular formula is C11H15NO6. The Kier molecular flexibility index (Phi) is 3.16. The number of hydrogen-bond donors (Lipinski definition) is 4. The normalized spacial score (nSPS) is 35.9. The van der Waals surface area contributed by atoms with E-state index in [1.807, 2.05) is 0 Å². The minimum absolute atomic E-state index is 0.200. The lowest BCUT2D eigenvalue weighted by molar-refractivity contribution is -0.0806. The Hall–Kier alpha value is -1.41. The third kappa shape index (κ3) is 1.91. The van der Waals surface area contributed by atoms with E-state index in [1.165, 1.54) is 19.2 Å². The summed E-state index contributed by atoms with van der Waals surface area (Å²) in [5.74, 6) is -0.200. The van der Waals surface area contributed by atoms with Crippen molar-refractivity contribution in [3.05, 3.63) is 28.7 Å². The van der Waals surface area contributed by atoms with Crippen molar-refractivity contribution in [1.29, 1.82) is 0 Å². The summed E-state index contributed by atoms with van der Waals surface area (Å²) in [5, 5.41) is 38.2. The second-order valence-electron chi connectivity index (χ2n) is 4.50. The fourth-order valence-electron chi connectivity index (χ4n) is 1.99. The standard InChI is InChI=1S/C11H15NO6/c1-11(17)7(5-13)18-10(9(11)16)12-3-2-6(14)4-8(12)15/h2-4,7,9-10,13-14,16-17H,5H2,1H3/t7-,9+,10-,11-/m1/s1. The molecule has 4 atom stereocenters. The zero-order valence-electron chi connectivity index (χ0n) is 9.72. The molecule has 2 rings (SSSR count). The van der Waals surface area contributed by atoms with Gasteiger partial charge >= 0.3 is 0 Å². The molecule has 1 saturated heterocycles. The number of hydrogen-bond acceptors (Lipinski definition) is 6. The molecule has 0 aromatic carbocycles. The van der Waals surface area contributed by atoms with E-state index in [-0.39, 0.29) is 5.75 Å². The second-order valence-corrected chi connectivity index (χ2v) is 4.50. The van der Waals surface area contributed by atoms with Gasteiger partial charge in [0.25, 0.3) is 5.56 Å². The maximum absolute atomic E-state index is 11.6. The van der Waals surface area contributed by atoms with Crippen LogP contribution in [0.1, 0.15) is 13.2 Å². The molecule has 18 heavy (non-hydrogen) atoms. The molecule has 0 radical (unpaired) electrons. The number of nitrogens with zero attached hydrogens (tertiary/aromatic N) is 1. The van der Waals surface area contributed by atoms with Gasteiger partial charge in [0.15, 0.2) is 6.23 Å². The predicted octanol–water partition coefficient (Wildman–Crippen LogP) is -1.44. The number of aromatic nitrogens is 1. The summed E-state index contributed by atoms with van der Waals surface area (Å²) >= 11 is 0. The lowest BCUT2D eigenvalue weighted by Crippen LogP contribution is -2.46. The molecule has 4 N–H and O–H groups in total. The Morgan fingerprint density at radius 1 is 1.56 bits per heavy atom. The molecule has 0 spiro atoms. The van der Waals surface area contributed by atoms with E-state index in [4.69, 9.17) is 14.9 Å². The monoisotopic (exact) mass is 257 g/mol. The molecule has 2 heterocycles. The van der Waals surface area contributed by atoms with E-state index < -0.39 is 36.2 Å². The predicted molar refractivity (Wildman–Crippen MR) is 60.0 cm³/mol. The molecule has 1 fully saturated rings. The first-order valence-electron chi connectivity index (χ1n) is 5.46. The maximum atomic E-state index is 11.6. The highest BCUT2D eigenvalue weighted by Crippen LogP contribution is 2.36. The highest BCUT2D eigenvalue weighted by molar-refractivity contribution is 5.16. The zero-order valence-corrected chi connectivity index (χ0v) is 9.72. The Labute approximate surface area is 102 Å². The van der Waals surface area contributed by atoms with Gasteiger partial charge in [-0.25, -0.2) is 0 Å². The van der Waals surface area contributed by atoms with E-state index in [0.29, 0.717) is 0 Å². The van der Waals surface area contributed by atoms with Crippen LogP contribution in [0.25, 0.3) is 0 Å². The van der Waals surface area contributed by atoms with E-state index in [1.54, 1.807) is 0 Å². The number of rotatable bonds is 2. The molecule has 1 aromatic rings. The SMILES string of the molecule is C[C@@]1(O)[C@@H](CO)O[C@@H](n2ccc(O)cc2=O)[C@@H]1O. The topological polar surface area (TPSA) is 112 Å². The summed E-state index contributed by atoms with van der Waals surface area (Å²) in [5.41, 5.74) is -2.23. The van der Waals surface area contributed by atoms with Crippen molar-refractivity contribution in [2.24, 2.45) is 0 Å². The Balaban J connectivity index is 2.38. The molecule has 7 nitrogen and oxygen atoms in total. The van der Waals surface area contributed by atoms with Crippen LogP contribution < -0.4 is 5.56 Å². The first-order valence-corrected chi connectivity index (χ1v) is 5.46. The Morgan fingerprint density at radius 3 is 2.72 bits per heavy atom. The molecule has 0 aliphatic carbocycles. The van der Waals surface area contributed by atoms with Gasteiger partial charge in [0.05, 0.1) is 6.61 Å². The summed E-state index contributed by atoms with van der Waals surface area (Å²) < 4.78 is 6.33. The van der Waals surface area contributed by atoms with E-state index in [9.17, 15) is 15.0 Å². The van der Waals surface area contributed by atoms with Crippen LogP contribution >= 0.6 is 0 Å². The summed E-state index contributed by atoms with van der Waals surface area (Å²) in [6, 6.07) is 2.23. The molecule has 0 bridgehead atoms. The number of aromatic hydroxyl groups is 1. The maximum Gasteiger partial charge on any atom is 0.256 e. The summed E-state index contributed by atoms with van der Waals surface area (Å²) in [6.45, 7) is 0.845. The average Bonchev–Trinajstić information content (AvgIpc) is 2.52. The largest absolute Gasteiger partial charge is 0.508 e. The summed E-state index contributed by atoms with van der Waals surface area (Å²) in [7, 11) is 0. The first-order chi connectivity index (χ1) is 8.37. The second kappa shape index (κ2) is 4.36. The molecule has 1 aliphatic rings. The van der Waals surface area contributed by atoms with Gasteiger partial charge in [-0.15, -0.1) is 0 Å². The molecular weight excluding hydrogens is 242 g/mol. The van der Waals surface area contributed by atoms with Crippen molar-refractivity contribution in [2.75, 3.05) is 6.61 Å². The van der Waals surface area contributed by atoms with Crippen LogP contribution in [0.3, 0.4) is 0 Å². The van der Waals surface area contributed by atoms with Gasteiger partial charge in [-0.1, -0.05) is 0 Å². The lowest BCUT2D eigenvalue weighted by atomic mass is 9.95. The van der Waals surface area contributed by atoms with Crippen molar-refractivity contribution in [3.63, 3.8) is 0 Å². The number of pyridine rings is 1. The molecule has 0 unspecified atom stereocenters. The Morgan fingerprint density at radius 2 is 2.22 bits per heavy atom. The molecule has 1 aliphatic heterocycles. The molecule has 0 amide bonds. The summed E-state index contributed by atoms with van der Waals surface area (Å²) in [4.78, 5) is 11.6. The van der Waals surface area contributed by atoms with Crippen LogP contribution in [0.2, 0.25) is 0 Å². The number of ether oxygens (including phenoxy) is 1. The van der Waals surface area contributed by atoms with E-state index in [2.05, 4.69) is 0 Å². The quantitative estimate of drug-likeness (QED) is 0.516. The minimum atomic E-state index is -1.66. The lowest BCUT2D eigenvalue weighted by Gasteiger charge is -2.25. The Bertz CT molecular complexity index is 497. The first kappa shape index (κ1) is 13.0. The highest BCUT2D eigenvalue weighted by Gasteiger charge is 2.52. The number of aliphatic hydroxyl groups is 3. The summed E-state index contributed by atoms with van der Waals surface area (Å²) in [6.07, 6.45) is -2.21. The highest BCUT2D eigenvalue weighted by atomic mass is 16.6.